The van der Waals surface area contributed by atoms with Gasteiger partial charge in [-0.15, -0.1) is 10.2 Å². The second kappa shape index (κ2) is 6.76. The van der Waals surface area contributed by atoms with Crippen molar-refractivity contribution < 1.29 is 4.79 Å². The van der Waals surface area contributed by atoms with Gasteiger partial charge in [0.15, 0.2) is 0 Å². The lowest BCUT2D eigenvalue weighted by Gasteiger charge is -2.22. The fraction of sp³-hybridized carbons (Fsp3) is 0.471. The summed E-state index contributed by atoms with van der Waals surface area (Å²) in [5.41, 5.74) is 6.04. The SMILES string of the molecule is CCCC(C)(N)C(=O)Nc1nnc(C(C)(C)c2ccccc2)s1. The van der Waals surface area contributed by atoms with Gasteiger partial charge >= 0.3 is 0 Å². The predicted octanol–water partition coefficient (Wildman–Crippen LogP) is 3.32. The van der Waals surface area contributed by atoms with Gasteiger partial charge in [-0.25, -0.2) is 0 Å². The minimum absolute atomic E-state index is 0.223. The summed E-state index contributed by atoms with van der Waals surface area (Å²) in [6, 6.07) is 10.1. The summed E-state index contributed by atoms with van der Waals surface area (Å²) in [5, 5.41) is 12.5. The van der Waals surface area contributed by atoms with Crippen LogP contribution in [0.2, 0.25) is 0 Å². The molecule has 2 rings (SSSR count). The zero-order valence-corrected chi connectivity index (χ0v) is 14.9. The van der Waals surface area contributed by atoms with E-state index in [1.165, 1.54) is 11.3 Å². The van der Waals surface area contributed by atoms with Crippen LogP contribution < -0.4 is 11.1 Å². The van der Waals surface area contributed by atoms with Gasteiger partial charge in [0.2, 0.25) is 11.0 Å². The molecular formula is C17H24N4OS. The Bertz CT molecular complexity index is 664. The normalized spacial score (nSPS) is 14.3. The summed E-state index contributed by atoms with van der Waals surface area (Å²) in [7, 11) is 0. The summed E-state index contributed by atoms with van der Waals surface area (Å²) < 4.78 is 0. The van der Waals surface area contributed by atoms with Crippen LogP contribution in [0.4, 0.5) is 5.13 Å². The van der Waals surface area contributed by atoms with E-state index in [2.05, 4.69) is 41.5 Å². The van der Waals surface area contributed by atoms with E-state index in [0.717, 1.165) is 17.0 Å². The van der Waals surface area contributed by atoms with E-state index in [1.54, 1.807) is 6.92 Å². The lowest BCUT2D eigenvalue weighted by molar-refractivity contribution is -0.120. The van der Waals surface area contributed by atoms with Crippen LogP contribution in [0.25, 0.3) is 0 Å². The van der Waals surface area contributed by atoms with Gasteiger partial charge in [0, 0.05) is 5.41 Å². The number of hydrogen-bond acceptors (Lipinski definition) is 5. The van der Waals surface area contributed by atoms with E-state index in [4.69, 9.17) is 5.73 Å². The Labute approximate surface area is 141 Å². The first kappa shape index (κ1) is 17.6. The monoisotopic (exact) mass is 332 g/mol. The predicted molar refractivity (Wildman–Crippen MR) is 94.6 cm³/mol. The minimum atomic E-state index is -0.893. The molecular weight excluding hydrogens is 308 g/mol. The van der Waals surface area contributed by atoms with E-state index >= 15 is 0 Å². The number of hydrogen-bond donors (Lipinski definition) is 2. The van der Waals surface area contributed by atoms with Crippen LogP contribution in [0.3, 0.4) is 0 Å². The maximum absolute atomic E-state index is 12.3. The van der Waals surface area contributed by atoms with Crippen molar-refractivity contribution in [1.82, 2.24) is 10.2 Å². The van der Waals surface area contributed by atoms with Crippen LogP contribution in [0.15, 0.2) is 30.3 Å². The number of anilines is 1. The van der Waals surface area contributed by atoms with Gasteiger partial charge in [-0.05, 0) is 32.8 Å². The Morgan fingerprint density at radius 2 is 1.87 bits per heavy atom. The molecule has 0 aliphatic heterocycles. The first-order valence-corrected chi connectivity index (χ1v) is 8.59. The molecule has 1 heterocycles. The van der Waals surface area contributed by atoms with Crippen molar-refractivity contribution in [2.45, 2.75) is 51.5 Å². The topological polar surface area (TPSA) is 80.9 Å². The highest BCUT2D eigenvalue weighted by molar-refractivity contribution is 7.15. The third kappa shape index (κ3) is 3.95. The molecule has 1 unspecified atom stereocenters. The van der Waals surface area contributed by atoms with E-state index < -0.39 is 5.54 Å². The number of nitrogens with one attached hydrogen (secondary N) is 1. The molecule has 0 saturated carbocycles. The molecule has 1 atom stereocenters. The molecule has 0 aliphatic rings. The van der Waals surface area contributed by atoms with Crippen molar-refractivity contribution in [2.75, 3.05) is 5.32 Å². The first-order valence-electron chi connectivity index (χ1n) is 7.77. The summed E-state index contributed by atoms with van der Waals surface area (Å²) in [6.45, 7) is 7.93. The van der Waals surface area contributed by atoms with Crippen LogP contribution in [0.1, 0.15) is 51.1 Å². The van der Waals surface area contributed by atoms with Gasteiger partial charge in [0.1, 0.15) is 5.01 Å². The van der Waals surface area contributed by atoms with Crippen LogP contribution in [-0.4, -0.2) is 21.6 Å². The molecule has 0 aliphatic carbocycles. The van der Waals surface area contributed by atoms with Gasteiger partial charge in [-0.1, -0.05) is 55.0 Å². The number of aromatic nitrogens is 2. The molecule has 6 heteroatoms. The van der Waals surface area contributed by atoms with E-state index in [9.17, 15) is 4.79 Å². The molecule has 1 aromatic heterocycles. The largest absolute Gasteiger partial charge is 0.318 e. The van der Waals surface area contributed by atoms with Crippen molar-refractivity contribution in [3.63, 3.8) is 0 Å². The standard InChI is InChI=1S/C17H24N4OS/c1-5-11-17(4,18)13(22)19-15-21-20-14(23-15)16(2,3)12-9-7-6-8-10-12/h6-10H,5,11,18H2,1-4H3,(H,19,21,22). The molecule has 0 spiro atoms. The number of carbonyl (C=O) groups is 1. The number of carbonyl (C=O) groups excluding carboxylic acids is 1. The molecule has 1 aromatic carbocycles. The fourth-order valence-corrected chi connectivity index (χ4v) is 3.24. The van der Waals surface area contributed by atoms with Gasteiger partial charge in [0.05, 0.1) is 5.54 Å². The van der Waals surface area contributed by atoms with Crippen molar-refractivity contribution in [2.24, 2.45) is 5.73 Å². The Morgan fingerprint density at radius 3 is 2.48 bits per heavy atom. The quantitative estimate of drug-likeness (QED) is 0.850. The molecule has 124 valence electrons. The smallest absolute Gasteiger partial charge is 0.245 e. The van der Waals surface area contributed by atoms with Crippen molar-refractivity contribution in [3.8, 4) is 0 Å². The molecule has 23 heavy (non-hydrogen) atoms. The zero-order valence-electron chi connectivity index (χ0n) is 14.1. The van der Waals surface area contributed by atoms with Crippen LogP contribution >= 0.6 is 11.3 Å². The molecule has 0 bridgehead atoms. The van der Waals surface area contributed by atoms with Crippen molar-refractivity contribution >= 4 is 22.4 Å². The van der Waals surface area contributed by atoms with E-state index in [-0.39, 0.29) is 11.3 Å². The van der Waals surface area contributed by atoms with Crippen LogP contribution in [0, 0.1) is 0 Å². The molecule has 3 N–H and O–H groups in total. The average Bonchev–Trinajstić information content (AvgIpc) is 2.97. The third-order valence-electron chi connectivity index (χ3n) is 3.96. The van der Waals surface area contributed by atoms with Gasteiger partial charge in [0.25, 0.3) is 0 Å². The highest BCUT2D eigenvalue weighted by Gasteiger charge is 2.30. The first-order chi connectivity index (χ1) is 10.8. The van der Waals surface area contributed by atoms with Gasteiger partial charge < -0.3 is 5.73 Å². The summed E-state index contributed by atoms with van der Waals surface area (Å²) in [4.78, 5) is 12.3. The number of benzene rings is 1. The molecule has 0 saturated heterocycles. The second-order valence-electron chi connectivity index (χ2n) is 6.52. The van der Waals surface area contributed by atoms with Crippen LogP contribution in [0.5, 0.6) is 0 Å². The maximum Gasteiger partial charge on any atom is 0.245 e. The van der Waals surface area contributed by atoms with Gasteiger partial charge in [-0.3, -0.25) is 10.1 Å². The Morgan fingerprint density at radius 1 is 1.22 bits per heavy atom. The average molecular weight is 332 g/mol. The maximum atomic E-state index is 12.3. The molecule has 5 nitrogen and oxygen atoms in total. The fourth-order valence-electron chi connectivity index (χ4n) is 2.38. The molecule has 0 fully saturated rings. The zero-order chi connectivity index (χ0) is 17.1. The lowest BCUT2D eigenvalue weighted by atomic mass is 9.85. The molecule has 1 amide bonds. The van der Waals surface area contributed by atoms with E-state index in [1.807, 2.05) is 25.1 Å². The summed E-state index contributed by atoms with van der Waals surface area (Å²) >= 11 is 1.39. The Balaban J connectivity index is 2.16. The number of nitrogens with two attached hydrogens (primary N) is 1. The highest BCUT2D eigenvalue weighted by atomic mass is 32.1. The summed E-state index contributed by atoms with van der Waals surface area (Å²) in [6.07, 6.45) is 1.48. The van der Waals surface area contributed by atoms with Crippen LogP contribution in [-0.2, 0) is 10.2 Å². The number of nitrogens with zero attached hydrogens (tertiary/aromatic N) is 2. The second-order valence-corrected chi connectivity index (χ2v) is 7.50. The summed E-state index contributed by atoms with van der Waals surface area (Å²) in [5.74, 6) is -0.223. The molecule has 2 aromatic rings. The van der Waals surface area contributed by atoms with Crippen molar-refractivity contribution in [3.05, 3.63) is 40.9 Å². The van der Waals surface area contributed by atoms with Crippen molar-refractivity contribution in [1.29, 1.82) is 0 Å². The van der Waals surface area contributed by atoms with Gasteiger partial charge in [-0.2, -0.15) is 0 Å². The Kier molecular flexibility index (Phi) is 5.16. The number of rotatable bonds is 6. The lowest BCUT2D eigenvalue weighted by Crippen LogP contribution is -2.48. The Hall–Kier alpha value is -1.79. The third-order valence-corrected chi connectivity index (χ3v) is 5.13. The molecule has 0 radical (unpaired) electrons. The highest BCUT2D eigenvalue weighted by Crippen LogP contribution is 2.34. The minimum Gasteiger partial charge on any atom is -0.318 e. The number of amides is 1. The van der Waals surface area contributed by atoms with E-state index in [0.29, 0.717) is 11.6 Å².